The first-order chi connectivity index (χ1) is 17.3. The lowest BCUT2D eigenvalue weighted by Crippen LogP contribution is -2.33. The molecule has 2 aliphatic rings. The second-order valence-electron chi connectivity index (χ2n) is 9.22. The summed E-state index contributed by atoms with van der Waals surface area (Å²) in [5.41, 5.74) is 4.87. The van der Waals surface area contributed by atoms with Gasteiger partial charge in [-0.3, -0.25) is 13.8 Å². The Bertz CT molecular complexity index is 1530. The number of imidazole rings is 1. The maximum absolute atomic E-state index is 12.1. The van der Waals surface area contributed by atoms with Crippen molar-refractivity contribution in [2.75, 3.05) is 10.8 Å². The number of nitrogens with zero attached hydrogens (tertiary/aromatic N) is 2. The van der Waals surface area contributed by atoms with Gasteiger partial charge in [0.05, 0.1) is 27.3 Å². The summed E-state index contributed by atoms with van der Waals surface area (Å²) in [4.78, 5) is 19.3. The average Bonchev–Trinajstić information content (AvgIpc) is 3.39. The number of fused-ring (bicyclic) bond motifs is 1. The molecular weight excluding hydrogens is 500 g/mol. The zero-order chi connectivity index (χ0) is 25.0. The van der Waals surface area contributed by atoms with Crippen molar-refractivity contribution < 1.29 is 18.8 Å². The summed E-state index contributed by atoms with van der Waals surface area (Å²) in [6, 6.07) is 17.2. The zero-order valence-electron chi connectivity index (χ0n) is 19.4. The summed E-state index contributed by atoms with van der Waals surface area (Å²) >= 11 is 5.00. The van der Waals surface area contributed by atoms with Gasteiger partial charge >= 0.3 is 0 Å². The molecule has 1 aliphatic carbocycles. The van der Waals surface area contributed by atoms with Crippen molar-refractivity contribution in [1.82, 2.24) is 14.7 Å². The van der Waals surface area contributed by atoms with Crippen molar-refractivity contribution >= 4 is 45.4 Å². The standard InChI is InChI=1S/C26H23ClN4O4S/c1-15-3-8-18(31-14-24(32)30-36(31)34)11-23(15)35-25-28-21-12-19(20(27)13-22(21)29-25)16-4-6-17(7-5-16)26(33)9-2-10-26/h3-8,11-13,33H,2,9-10,14H2,1H3,(H,28,29)(H,30,32). The topological polar surface area (TPSA) is 108 Å². The summed E-state index contributed by atoms with van der Waals surface area (Å²) in [7, 11) is 0. The van der Waals surface area contributed by atoms with Gasteiger partial charge in [-0.2, -0.15) is 4.98 Å². The molecule has 6 rings (SSSR count). The van der Waals surface area contributed by atoms with Crippen LogP contribution >= 0.6 is 11.6 Å². The molecular formula is C26H23ClN4O4S. The highest BCUT2D eigenvalue weighted by Crippen LogP contribution is 2.42. The highest BCUT2D eigenvalue weighted by molar-refractivity contribution is 7.85. The SMILES string of the molecule is Cc1ccc(N2CC(=O)NS2=O)cc1Oc1nc2cc(-c3ccc(C4(O)CCC4)cc3)c(Cl)cc2[nH]1. The van der Waals surface area contributed by atoms with Crippen LogP contribution in [0.5, 0.6) is 11.8 Å². The Morgan fingerprint density at radius 1 is 1.14 bits per heavy atom. The number of H-pyrrole nitrogens is 1. The van der Waals surface area contributed by atoms with Crippen LogP contribution in [-0.4, -0.2) is 31.7 Å². The van der Waals surface area contributed by atoms with Gasteiger partial charge in [-0.1, -0.05) is 41.9 Å². The van der Waals surface area contributed by atoms with E-state index in [2.05, 4.69) is 14.7 Å². The number of aromatic nitrogens is 2. The molecule has 1 saturated heterocycles. The Balaban J connectivity index is 1.28. The van der Waals surface area contributed by atoms with E-state index in [9.17, 15) is 14.1 Å². The molecule has 1 aliphatic heterocycles. The van der Waals surface area contributed by atoms with Crippen molar-refractivity contribution in [2.45, 2.75) is 31.8 Å². The molecule has 3 N–H and O–H groups in total. The maximum atomic E-state index is 12.1. The van der Waals surface area contributed by atoms with E-state index in [1.165, 1.54) is 4.31 Å². The monoisotopic (exact) mass is 522 g/mol. The van der Waals surface area contributed by atoms with Crippen LogP contribution in [0, 0.1) is 6.92 Å². The van der Waals surface area contributed by atoms with E-state index in [0.717, 1.165) is 47.0 Å². The highest BCUT2D eigenvalue weighted by atomic mass is 35.5. The number of hydrogen-bond donors (Lipinski definition) is 3. The van der Waals surface area contributed by atoms with Crippen molar-refractivity contribution in [1.29, 1.82) is 0 Å². The van der Waals surface area contributed by atoms with Gasteiger partial charge < -0.3 is 14.8 Å². The maximum Gasteiger partial charge on any atom is 0.300 e. The molecule has 184 valence electrons. The lowest BCUT2D eigenvalue weighted by Gasteiger charge is -2.37. The Labute approximate surface area is 215 Å². The molecule has 1 atom stereocenters. The average molecular weight is 523 g/mol. The molecule has 8 nitrogen and oxygen atoms in total. The van der Waals surface area contributed by atoms with Crippen molar-refractivity contribution in [2.24, 2.45) is 0 Å². The minimum atomic E-state index is -1.62. The van der Waals surface area contributed by atoms with Crippen LogP contribution in [0.2, 0.25) is 5.02 Å². The highest BCUT2D eigenvalue weighted by Gasteiger charge is 2.36. The molecule has 1 unspecified atom stereocenters. The molecule has 1 amide bonds. The quantitative estimate of drug-likeness (QED) is 0.346. The molecule has 1 saturated carbocycles. The first-order valence-corrected chi connectivity index (χ1v) is 13.1. The van der Waals surface area contributed by atoms with Crippen LogP contribution in [0.3, 0.4) is 0 Å². The largest absolute Gasteiger partial charge is 0.425 e. The summed E-state index contributed by atoms with van der Waals surface area (Å²) in [6.45, 7) is 1.91. The summed E-state index contributed by atoms with van der Waals surface area (Å²) in [5.74, 6) is 0.230. The Morgan fingerprint density at radius 3 is 2.58 bits per heavy atom. The van der Waals surface area contributed by atoms with Gasteiger partial charge in [0.2, 0.25) is 11.2 Å². The number of nitrogens with one attached hydrogen (secondary N) is 2. The van der Waals surface area contributed by atoms with Crippen molar-refractivity contribution in [3.63, 3.8) is 0 Å². The van der Waals surface area contributed by atoms with Crippen molar-refractivity contribution in [3.05, 3.63) is 70.7 Å². The minimum Gasteiger partial charge on any atom is -0.425 e. The van der Waals surface area contributed by atoms with Gasteiger partial charge in [0.15, 0.2) is 0 Å². The van der Waals surface area contributed by atoms with Gasteiger partial charge in [-0.15, -0.1) is 0 Å². The van der Waals surface area contributed by atoms with Gasteiger partial charge in [-0.05, 0) is 61.1 Å². The van der Waals surface area contributed by atoms with E-state index in [1.807, 2.05) is 49.4 Å². The first kappa shape index (κ1) is 23.0. The predicted octanol–water partition coefficient (Wildman–Crippen LogP) is 4.87. The third-order valence-corrected chi connectivity index (χ3v) is 8.27. The van der Waals surface area contributed by atoms with E-state index in [4.69, 9.17) is 16.3 Å². The Hall–Kier alpha value is -3.40. The smallest absolute Gasteiger partial charge is 0.300 e. The Kier molecular flexibility index (Phi) is 5.51. The number of rotatable bonds is 5. The molecule has 2 fully saturated rings. The van der Waals surface area contributed by atoms with Crippen LogP contribution in [0.15, 0.2) is 54.6 Å². The van der Waals surface area contributed by atoms with E-state index < -0.39 is 16.8 Å². The van der Waals surface area contributed by atoms with Crippen LogP contribution in [0.25, 0.3) is 22.2 Å². The normalized spacial score (nSPS) is 18.8. The zero-order valence-corrected chi connectivity index (χ0v) is 20.9. The molecule has 0 radical (unpaired) electrons. The summed E-state index contributed by atoms with van der Waals surface area (Å²) in [5, 5.41) is 11.2. The molecule has 4 aromatic rings. The second kappa shape index (κ2) is 8.62. The van der Waals surface area contributed by atoms with E-state index in [1.54, 1.807) is 12.1 Å². The fraction of sp³-hybridized carbons (Fsp3) is 0.231. The Morgan fingerprint density at radius 2 is 1.92 bits per heavy atom. The third kappa shape index (κ3) is 4.03. The van der Waals surface area contributed by atoms with Gasteiger partial charge in [0.1, 0.15) is 12.3 Å². The number of aryl methyl sites for hydroxylation is 1. The van der Waals surface area contributed by atoms with E-state index in [0.29, 0.717) is 22.0 Å². The number of aliphatic hydroxyl groups is 1. The van der Waals surface area contributed by atoms with Crippen LogP contribution in [0.1, 0.15) is 30.4 Å². The van der Waals surface area contributed by atoms with E-state index >= 15 is 0 Å². The van der Waals surface area contributed by atoms with Gasteiger partial charge in [0, 0.05) is 11.6 Å². The van der Waals surface area contributed by atoms with Crippen molar-refractivity contribution in [3.8, 4) is 22.9 Å². The number of carbonyl (C=O) groups excluding carboxylic acids is 1. The van der Waals surface area contributed by atoms with Crippen LogP contribution < -0.4 is 13.8 Å². The lowest BCUT2D eigenvalue weighted by molar-refractivity contribution is -0.117. The first-order valence-electron chi connectivity index (χ1n) is 11.6. The number of aromatic amines is 1. The van der Waals surface area contributed by atoms with Gasteiger partial charge in [0.25, 0.3) is 11.9 Å². The number of ether oxygens (including phenoxy) is 1. The fourth-order valence-corrected chi connectivity index (χ4v) is 5.74. The number of halogens is 1. The summed E-state index contributed by atoms with van der Waals surface area (Å²) in [6.07, 6.45) is 2.63. The number of anilines is 1. The molecule has 10 heteroatoms. The molecule has 1 aromatic heterocycles. The number of carbonyl (C=O) groups is 1. The third-order valence-electron chi connectivity index (χ3n) is 6.82. The molecule has 0 spiro atoms. The molecule has 36 heavy (non-hydrogen) atoms. The minimum absolute atomic E-state index is 0.0152. The molecule has 2 heterocycles. The van der Waals surface area contributed by atoms with Gasteiger partial charge in [-0.25, -0.2) is 4.21 Å². The summed E-state index contributed by atoms with van der Waals surface area (Å²) < 4.78 is 22.0. The fourth-order valence-electron chi connectivity index (χ4n) is 4.56. The second-order valence-corrected chi connectivity index (χ2v) is 10.8. The number of amides is 1. The lowest BCUT2D eigenvalue weighted by atomic mass is 9.75. The molecule has 0 bridgehead atoms. The van der Waals surface area contributed by atoms with Crippen LogP contribution in [-0.2, 0) is 21.6 Å². The number of benzene rings is 3. The predicted molar refractivity (Wildman–Crippen MR) is 139 cm³/mol. The van der Waals surface area contributed by atoms with E-state index in [-0.39, 0.29) is 18.5 Å². The number of hydrogen-bond acceptors (Lipinski definition) is 5. The van der Waals surface area contributed by atoms with Crippen LogP contribution in [0.4, 0.5) is 5.69 Å². The molecule has 3 aromatic carbocycles.